The number of benzene rings is 1. The first-order valence-corrected chi connectivity index (χ1v) is 11.0. The molecule has 0 aromatic heterocycles. The second kappa shape index (κ2) is 9.99. The molecule has 0 saturated carbocycles. The first kappa shape index (κ1) is 22.3. The Bertz CT molecular complexity index is 769. The van der Waals surface area contributed by atoms with Crippen LogP contribution < -0.4 is 10.6 Å². The molecule has 8 nitrogen and oxygen atoms in total. The van der Waals surface area contributed by atoms with Gasteiger partial charge in [-0.05, 0) is 44.4 Å². The van der Waals surface area contributed by atoms with Crippen LogP contribution in [0.1, 0.15) is 49.0 Å². The van der Waals surface area contributed by atoms with Gasteiger partial charge in [0.1, 0.15) is 0 Å². The number of aliphatic carboxylic acids is 1. The number of sulfonamides is 1. The van der Waals surface area contributed by atoms with Crippen LogP contribution in [0.3, 0.4) is 0 Å². The van der Waals surface area contributed by atoms with Gasteiger partial charge in [0.05, 0.1) is 11.7 Å². The highest BCUT2D eigenvalue weighted by Crippen LogP contribution is 2.17. The van der Waals surface area contributed by atoms with Crippen molar-refractivity contribution in [1.29, 1.82) is 0 Å². The van der Waals surface area contributed by atoms with Crippen LogP contribution >= 0.6 is 0 Å². The lowest BCUT2D eigenvalue weighted by atomic mass is 10.1. The van der Waals surface area contributed by atoms with Crippen LogP contribution in [0, 0.1) is 0 Å². The summed E-state index contributed by atoms with van der Waals surface area (Å²) in [7, 11) is -3.18. The van der Waals surface area contributed by atoms with Gasteiger partial charge >= 0.3 is 5.97 Å². The summed E-state index contributed by atoms with van der Waals surface area (Å²) < 4.78 is 26.0. The zero-order valence-corrected chi connectivity index (χ0v) is 17.2. The summed E-state index contributed by atoms with van der Waals surface area (Å²) in [5, 5.41) is 14.2. The molecule has 9 heteroatoms. The average molecular weight is 412 g/mol. The van der Waals surface area contributed by atoms with Crippen molar-refractivity contribution in [2.45, 2.75) is 50.9 Å². The zero-order chi connectivity index (χ0) is 20.7. The lowest BCUT2D eigenvalue weighted by molar-refractivity contribution is -0.136. The number of rotatable bonds is 9. The Morgan fingerprint density at radius 3 is 2.32 bits per heavy atom. The van der Waals surface area contributed by atoms with Gasteiger partial charge in [0.2, 0.25) is 10.0 Å². The number of amides is 1. The smallest absolute Gasteiger partial charge is 0.305 e. The van der Waals surface area contributed by atoms with Crippen molar-refractivity contribution < 1.29 is 23.1 Å². The predicted molar refractivity (Wildman–Crippen MR) is 107 cm³/mol. The molecule has 1 fully saturated rings. The van der Waals surface area contributed by atoms with Gasteiger partial charge in [0, 0.05) is 37.8 Å². The number of carboxylic acids is 1. The Labute approximate surface area is 166 Å². The zero-order valence-electron chi connectivity index (χ0n) is 16.3. The Hall–Kier alpha value is -1.97. The molecule has 1 amide bonds. The molecular weight excluding hydrogens is 382 g/mol. The third kappa shape index (κ3) is 6.29. The van der Waals surface area contributed by atoms with Gasteiger partial charge in [0.15, 0.2) is 0 Å². The first-order chi connectivity index (χ1) is 13.2. The maximum absolute atomic E-state index is 12.2. The molecule has 1 heterocycles. The second-order valence-electron chi connectivity index (χ2n) is 7.24. The number of carbonyl (C=O) groups is 2. The molecule has 1 aromatic rings. The molecule has 1 aromatic carbocycles. The summed E-state index contributed by atoms with van der Waals surface area (Å²) >= 11 is 0. The van der Waals surface area contributed by atoms with Gasteiger partial charge in [-0.2, -0.15) is 0 Å². The molecule has 28 heavy (non-hydrogen) atoms. The summed E-state index contributed by atoms with van der Waals surface area (Å²) in [5.41, 5.74) is 1.51. The second-order valence-corrected chi connectivity index (χ2v) is 9.73. The summed E-state index contributed by atoms with van der Waals surface area (Å²) in [6.45, 7) is 5.22. The van der Waals surface area contributed by atoms with Gasteiger partial charge in [-0.25, -0.2) is 12.7 Å². The fourth-order valence-electron chi connectivity index (χ4n) is 3.03. The highest BCUT2D eigenvalue weighted by molar-refractivity contribution is 7.89. The number of carbonyl (C=O) groups excluding carboxylic acids is 1. The Morgan fingerprint density at radius 2 is 1.79 bits per heavy atom. The van der Waals surface area contributed by atoms with Gasteiger partial charge in [0.25, 0.3) is 5.91 Å². The molecule has 1 saturated heterocycles. The van der Waals surface area contributed by atoms with Crippen LogP contribution in [-0.4, -0.2) is 60.6 Å². The highest BCUT2D eigenvalue weighted by Gasteiger charge is 2.29. The molecule has 1 aliphatic rings. The Kier molecular flexibility index (Phi) is 7.97. The van der Waals surface area contributed by atoms with Crippen molar-refractivity contribution in [2.24, 2.45) is 0 Å². The van der Waals surface area contributed by atoms with E-state index in [1.54, 1.807) is 30.3 Å². The fraction of sp³-hybridized carbons (Fsp3) is 0.579. The highest BCUT2D eigenvalue weighted by atomic mass is 32.2. The largest absolute Gasteiger partial charge is 0.481 e. The van der Waals surface area contributed by atoms with Crippen molar-refractivity contribution in [1.82, 2.24) is 14.9 Å². The molecular formula is C19H29N3O5S. The maximum Gasteiger partial charge on any atom is 0.305 e. The molecule has 0 atom stereocenters. The minimum atomic E-state index is -3.18. The number of nitrogens with zero attached hydrogens (tertiary/aromatic N) is 1. The van der Waals surface area contributed by atoms with Crippen LogP contribution in [0.15, 0.2) is 24.3 Å². The summed E-state index contributed by atoms with van der Waals surface area (Å²) in [5.74, 6) is -1.24. The minimum absolute atomic E-state index is 0.0999. The van der Waals surface area contributed by atoms with Crippen LogP contribution in [0.4, 0.5) is 0 Å². The molecule has 156 valence electrons. The minimum Gasteiger partial charge on any atom is -0.481 e. The molecule has 3 N–H and O–H groups in total. The van der Waals surface area contributed by atoms with Gasteiger partial charge in [-0.3, -0.25) is 9.59 Å². The van der Waals surface area contributed by atoms with Gasteiger partial charge in [-0.15, -0.1) is 0 Å². The summed E-state index contributed by atoms with van der Waals surface area (Å²) in [4.78, 5) is 22.4. The average Bonchev–Trinajstić information content (AvgIpc) is 2.66. The van der Waals surface area contributed by atoms with E-state index >= 15 is 0 Å². The number of piperidine rings is 1. The third-order valence-electron chi connectivity index (χ3n) is 4.84. The Balaban J connectivity index is 1.77. The number of carboxylic acid groups (broad SMARTS) is 1. The van der Waals surface area contributed by atoms with Gasteiger partial charge < -0.3 is 15.7 Å². The number of nitrogens with one attached hydrogen (secondary N) is 2. The monoisotopic (exact) mass is 411 g/mol. The quantitative estimate of drug-likeness (QED) is 0.562. The Morgan fingerprint density at radius 1 is 1.18 bits per heavy atom. The summed E-state index contributed by atoms with van der Waals surface area (Å²) in [6, 6.07) is 7.41. The van der Waals surface area contributed by atoms with E-state index in [1.807, 2.05) is 12.1 Å². The van der Waals surface area contributed by atoms with E-state index in [0.29, 0.717) is 25.2 Å². The predicted octanol–water partition coefficient (Wildman–Crippen LogP) is 1.18. The van der Waals surface area contributed by atoms with Gasteiger partial charge in [-0.1, -0.05) is 12.1 Å². The first-order valence-electron chi connectivity index (χ1n) is 9.51. The van der Waals surface area contributed by atoms with E-state index in [-0.39, 0.29) is 24.9 Å². The maximum atomic E-state index is 12.2. The molecule has 0 spiro atoms. The van der Waals surface area contributed by atoms with Crippen molar-refractivity contribution in [2.75, 3.05) is 19.6 Å². The van der Waals surface area contributed by atoms with E-state index in [9.17, 15) is 18.0 Å². The van der Waals surface area contributed by atoms with Crippen LogP contribution in [0.5, 0.6) is 0 Å². The molecule has 0 bridgehead atoms. The lowest BCUT2D eigenvalue weighted by Gasteiger charge is -2.32. The van der Waals surface area contributed by atoms with Crippen molar-refractivity contribution in [3.05, 3.63) is 35.4 Å². The lowest BCUT2D eigenvalue weighted by Crippen LogP contribution is -2.46. The standard InChI is InChI=1S/C19H29N3O5S/c1-14(2)28(26,27)22-11-8-17(9-12-22)21-13-15-3-5-16(6-4-15)19(25)20-10-7-18(23)24/h3-6,14,17,21H,7-13H2,1-2H3,(H,20,25)(H,23,24). The van der Waals surface area contributed by atoms with Crippen LogP contribution in [0.2, 0.25) is 0 Å². The van der Waals surface area contributed by atoms with Crippen LogP contribution in [0.25, 0.3) is 0 Å². The van der Waals surface area contributed by atoms with Crippen molar-refractivity contribution >= 4 is 21.9 Å². The van der Waals surface area contributed by atoms with Crippen molar-refractivity contribution in [3.8, 4) is 0 Å². The third-order valence-corrected chi connectivity index (χ3v) is 7.12. The molecule has 2 rings (SSSR count). The van der Waals surface area contributed by atoms with Crippen LogP contribution in [-0.2, 0) is 21.4 Å². The number of hydrogen-bond donors (Lipinski definition) is 3. The topological polar surface area (TPSA) is 116 Å². The van der Waals surface area contributed by atoms with E-state index in [1.165, 1.54) is 0 Å². The molecule has 1 aliphatic heterocycles. The molecule has 0 unspecified atom stereocenters. The van der Waals surface area contributed by atoms with Crippen molar-refractivity contribution in [3.63, 3.8) is 0 Å². The van der Waals surface area contributed by atoms with E-state index in [0.717, 1.165) is 18.4 Å². The summed E-state index contributed by atoms with van der Waals surface area (Å²) in [6.07, 6.45) is 1.44. The van der Waals surface area contributed by atoms with E-state index in [4.69, 9.17) is 5.11 Å². The number of hydrogen-bond acceptors (Lipinski definition) is 5. The fourth-order valence-corrected chi connectivity index (χ4v) is 4.35. The van der Waals surface area contributed by atoms with E-state index < -0.39 is 21.2 Å². The normalized spacial score (nSPS) is 16.2. The SMILES string of the molecule is CC(C)S(=O)(=O)N1CCC(NCc2ccc(C(=O)NCCC(=O)O)cc2)CC1. The van der Waals surface area contributed by atoms with E-state index in [2.05, 4.69) is 10.6 Å². The molecule has 0 aliphatic carbocycles. The molecule has 0 radical (unpaired) electrons.